The SMILES string of the molecule is CCc1nc(NC(=O)N[C@H](C)c2ccccc2)cc2cnn(-c3ccc(F)cc3)c12. The molecule has 4 aromatic rings. The molecular weight excluding hydrogens is 381 g/mol. The highest BCUT2D eigenvalue weighted by molar-refractivity contribution is 5.92. The number of pyridine rings is 1. The van der Waals surface area contributed by atoms with E-state index in [9.17, 15) is 9.18 Å². The minimum Gasteiger partial charge on any atom is -0.331 e. The highest BCUT2D eigenvalue weighted by Crippen LogP contribution is 2.24. The summed E-state index contributed by atoms with van der Waals surface area (Å²) in [6, 6.07) is 17.2. The van der Waals surface area contributed by atoms with Gasteiger partial charge in [-0.15, -0.1) is 0 Å². The molecule has 4 rings (SSSR count). The minimum atomic E-state index is -0.328. The number of halogens is 1. The second-order valence-corrected chi connectivity index (χ2v) is 7.01. The van der Waals surface area contributed by atoms with Crippen LogP contribution in [0.1, 0.15) is 31.1 Å². The number of carbonyl (C=O) groups is 1. The molecule has 6 nitrogen and oxygen atoms in total. The standard InChI is InChI=1S/C23H22FN5O/c1-3-20-22-17(14-25-29(22)19-11-9-18(24)10-12-19)13-21(27-20)28-23(30)26-15(2)16-7-5-4-6-8-16/h4-15H,3H2,1-2H3,(H2,26,27,28,30)/t15-/m1/s1. The van der Waals surface area contributed by atoms with Gasteiger partial charge in [0.05, 0.1) is 29.1 Å². The monoisotopic (exact) mass is 403 g/mol. The van der Waals surface area contributed by atoms with Crippen molar-refractivity contribution in [3.8, 4) is 5.69 Å². The summed E-state index contributed by atoms with van der Waals surface area (Å²) < 4.78 is 15.0. The molecule has 0 aliphatic rings. The van der Waals surface area contributed by atoms with Gasteiger partial charge in [-0.2, -0.15) is 5.10 Å². The van der Waals surface area contributed by atoms with E-state index in [-0.39, 0.29) is 17.9 Å². The maximum absolute atomic E-state index is 13.3. The fourth-order valence-electron chi connectivity index (χ4n) is 3.40. The Morgan fingerprint density at radius 3 is 2.57 bits per heavy atom. The number of nitrogens with zero attached hydrogens (tertiary/aromatic N) is 3. The highest BCUT2D eigenvalue weighted by atomic mass is 19.1. The lowest BCUT2D eigenvalue weighted by molar-refractivity contribution is 0.249. The maximum Gasteiger partial charge on any atom is 0.320 e. The Labute approximate surface area is 173 Å². The molecule has 30 heavy (non-hydrogen) atoms. The van der Waals surface area contributed by atoms with Gasteiger partial charge in [-0.1, -0.05) is 37.3 Å². The van der Waals surface area contributed by atoms with Crippen molar-refractivity contribution < 1.29 is 9.18 Å². The quantitative estimate of drug-likeness (QED) is 0.492. The Bertz CT molecular complexity index is 1170. The normalized spacial score (nSPS) is 12.0. The average molecular weight is 403 g/mol. The van der Waals surface area contributed by atoms with Crippen molar-refractivity contribution >= 4 is 22.8 Å². The van der Waals surface area contributed by atoms with E-state index in [4.69, 9.17) is 0 Å². The van der Waals surface area contributed by atoms with Crippen molar-refractivity contribution in [3.05, 3.63) is 83.9 Å². The molecule has 7 heteroatoms. The predicted molar refractivity (Wildman–Crippen MR) is 115 cm³/mol. The van der Waals surface area contributed by atoms with Crippen molar-refractivity contribution in [2.75, 3.05) is 5.32 Å². The number of nitrogens with one attached hydrogen (secondary N) is 2. The lowest BCUT2D eigenvalue weighted by Gasteiger charge is -2.15. The number of benzene rings is 2. The molecule has 0 fully saturated rings. The maximum atomic E-state index is 13.3. The summed E-state index contributed by atoms with van der Waals surface area (Å²) in [6.07, 6.45) is 2.37. The minimum absolute atomic E-state index is 0.137. The number of hydrogen-bond acceptors (Lipinski definition) is 3. The van der Waals surface area contributed by atoms with Gasteiger partial charge in [-0.3, -0.25) is 5.32 Å². The van der Waals surface area contributed by atoms with Crippen LogP contribution in [0.2, 0.25) is 0 Å². The Balaban J connectivity index is 1.58. The Morgan fingerprint density at radius 1 is 1.13 bits per heavy atom. The lowest BCUT2D eigenvalue weighted by atomic mass is 10.1. The summed E-state index contributed by atoms with van der Waals surface area (Å²) in [7, 11) is 0. The second kappa shape index (κ2) is 8.32. The summed E-state index contributed by atoms with van der Waals surface area (Å²) in [4.78, 5) is 17.1. The molecule has 2 N–H and O–H groups in total. The second-order valence-electron chi connectivity index (χ2n) is 7.01. The topological polar surface area (TPSA) is 71.8 Å². The van der Waals surface area contributed by atoms with Gasteiger partial charge in [-0.05, 0) is 49.2 Å². The molecule has 0 unspecified atom stereocenters. The van der Waals surface area contributed by atoms with E-state index >= 15 is 0 Å². The molecule has 0 saturated heterocycles. The van der Waals surface area contributed by atoms with Crippen LogP contribution in [0.5, 0.6) is 0 Å². The van der Waals surface area contributed by atoms with Gasteiger partial charge < -0.3 is 5.32 Å². The van der Waals surface area contributed by atoms with Crippen LogP contribution in [0.15, 0.2) is 66.9 Å². The summed E-state index contributed by atoms with van der Waals surface area (Å²) in [5, 5.41) is 11.0. The molecule has 2 heterocycles. The van der Waals surface area contributed by atoms with Crippen molar-refractivity contribution in [2.45, 2.75) is 26.3 Å². The molecule has 0 radical (unpaired) electrons. The number of rotatable bonds is 5. The first-order valence-electron chi connectivity index (χ1n) is 9.81. The number of carbonyl (C=O) groups excluding carboxylic acids is 1. The molecule has 152 valence electrons. The first-order chi connectivity index (χ1) is 14.5. The molecule has 0 aliphatic carbocycles. The third-order valence-corrected chi connectivity index (χ3v) is 4.91. The largest absolute Gasteiger partial charge is 0.331 e. The molecule has 2 aromatic heterocycles. The fraction of sp³-hybridized carbons (Fsp3) is 0.174. The summed E-state index contributed by atoms with van der Waals surface area (Å²) in [5.74, 6) is 0.155. The van der Waals surface area contributed by atoms with Gasteiger partial charge in [0.1, 0.15) is 11.6 Å². The molecule has 1 atom stereocenters. The number of aromatic nitrogens is 3. The van der Waals surface area contributed by atoms with Crippen molar-refractivity contribution in [1.29, 1.82) is 0 Å². The van der Waals surface area contributed by atoms with Crippen LogP contribution in [0.3, 0.4) is 0 Å². The van der Waals surface area contributed by atoms with E-state index < -0.39 is 0 Å². The van der Waals surface area contributed by atoms with E-state index in [1.54, 1.807) is 29.1 Å². The Kier molecular flexibility index (Phi) is 5.43. The molecule has 2 amide bonds. The number of amides is 2. The lowest BCUT2D eigenvalue weighted by Crippen LogP contribution is -2.31. The van der Waals surface area contributed by atoms with E-state index in [1.807, 2.05) is 44.2 Å². The summed E-state index contributed by atoms with van der Waals surface area (Å²) in [5.41, 5.74) is 3.40. The van der Waals surface area contributed by atoms with Crippen LogP contribution in [0.25, 0.3) is 16.6 Å². The summed E-state index contributed by atoms with van der Waals surface area (Å²) in [6.45, 7) is 3.92. The van der Waals surface area contributed by atoms with Crippen LogP contribution >= 0.6 is 0 Å². The van der Waals surface area contributed by atoms with Gasteiger partial charge in [0.25, 0.3) is 0 Å². The predicted octanol–water partition coefficient (Wildman–Crippen LogP) is 5.00. The van der Waals surface area contributed by atoms with Crippen LogP contribution < -0.4 is 10.6 Å². The van der Waals surface area contributed by atoms with Crippen LogP contribution in [-0.4, -0.2) is 20.8 Å². The zero-order chi connectivity index (χ0) is 21.1. The first-order valence-corrected chi connectivity index (χ1v) is 9.81. The van der Waals surface area contributed by atoms with E-state index in [0.717, 1.165) is 27.8 Å². The van der Waals surface area contributed by atoms with Crippen LogP contribution in [0.4, 0.5) is 15.0 Å². The van der Waals surface area contributed by atoms with E-state index in [1.165, 1.54) is 12.1 Å². The van der Waals surface area contributed by atoms with E-state index in [0.29, 0.717) is 12.2 Å². The smallest absolute Gasteiger partial charge is 0.320 e. The third kappa shape index (κ3) is 4.00. The van der Waals surface area contributed by atoms with Crippen molar-refractivity contribution in [2.24, 2.45) is 0 Å². The van der Waals surface area contributed by atoms with Gasteiger partial charge in [0, 0.05) is 5.39 Å². The fourth-order valence-corrected chi connectivity index (χ4v) is 3.40. The zero-order valence-corrected chi connectivity index (χ0v) is 16.8. The summed E-state index contributed by atoms with van der Waals surface area (Å²) >= 11 is 0. The zero-order valence-electron chi connectivity index (χ0n) is 16.8. The first kappa shape index (κ1) is 19.6. The third-order valence-electron chi connectivity index (χ3n) is 4.91. The van der Waals surface area contributed by atoms with Gasteiger partial charge in [-0.25, -0.2) is 18.9 Å². The number of anilines is 1. The average Bonchev–Trinajstić information content (AvgIpc) is 3.18. The van der Waals surface area contributed by atoms with Crippen LogP contribution in [-0.2, 0) is 6.42 Å². The van der Waals surface area contributed by atoms with Gasteiger partial charge in [0.2, 0.25) is 0 Å². The molecule has 0 spiro atoms. The number of fused-ring (bicyclic) bond motifs is 1. The van der Waals surface area contributed by atoms with Crippen molar-refractivity contribution in [1.82, 2.24) is 20.1 Å². The Morgan fingerprint density at radius 2 is 1.87 bits per heavy atom. The number of aryl methyl sites for hydroxylation is 1. The van der Waals surface area contributed by atoms with Gasteiger partial charge in [0.15, 0.2) is 0 Å². The highest BCUT2D eigenvalue weighted by Gasteiger charge is 2.15. The van der Waals surface area contributed by atoms with Crippen LogP contribution in [0, 0.1) is 5.82 Å². The molecular formula is C23H22FN5O. The number of hydrogen-bond donors (Lipinski definition) is 2. The molecule has 0 bridgehead atoms. The van der Waals surface area contributed by atoms with E-state index in [2.05, 4.69) is 20.7 Å². The van der Waals surface area contributed by atoms with Gasteiger partial charge >= 0.3 is 6.03 Å². The number of urea groups is 1. The van der Waals surface area contributed by atoms with Crippen molar-refractivity contribution in [3.63, 3.8) is 0 Å². The molecule has 2 aromatic carbocycles. The molecule has 0 aliphatic heterocycles. The molecule has 0 saturated carbocycles. The Hall–Kier alpha value is -3.74.